The Kier molecular flexibility index (Phi) is 3.29. The van der Waals surface area contributed by atoms with Crippen LogP contribution in [0.3, 0.4) is 0 Å². The summed E-state index contributed by atoms with van der Waals surface area (Å²) in [6, 6.07) is 1.18. The van der Waals surface area contributed by atoms with Crippen LogP contribution in [0.25, 0.3) is 0 Å². The first-order valence-corrected chi connectivity index (χ1v) is 4.36. The number of alkyl halides is 6. The average Bonchev–Trinajstić information content (AvgIpc) is 2.13. The van der Waals surface area contributed by atoms with Gasteiger partial charge in [0.15, 0.2) is 0 Å². The summed E-state index contributed by atoms with van der Waals surface area (Å²) in [5.41, 5.74) is -3.39. The second-order valence-corrected chi connectivity index (χ2v) is 3.41. The molecule has 0 saturated carbocycles. The number of nitrogens with zero attached hydrogens (tertiary/aromatic N) is 2. The molecule has 0 fully saturated rings. The normalized spacial score (nSPS) is 21.7. The molecule has 9 heteroatoms. The molecule has 17 heavy (non-hydrogen) atoms. The predicted octanol–water partition coefficient (Wildman–Crippen LogP) is 2.96. The van der Waals surface area contributed by atoms with E-state index in [0.29, 0.717) is 0 Å². The lowest BCUT2D eigenvalue weighted by molar-refractivity contribution is -0.0952. The molecule has 1 aliphatic rings. The third-order valence-electron chi connectivity index (χ3n) is 1.83. The topological polar surface area (TPSA) is 36.1 Å². The first-order chi connectivity index (χ1) is 7.57. The van der Waals surface area contributed by atoms with E-state index in [2.05, 4.69) is 17.2 Å². The third-order valence-corrected chi connectivity index (χ3v) is 2.15. The monoisotopic (exact) mass is 272 g/mol. The molecule has 0 amide bonds. The van der Waals surface area contributed by atoms with Gasteiger partial charge in [-0.2, -0.15) is 31.6 Å². The van der Waals surface area contributed by atoms with Crippen LogP contribution in [0, 0.1) is 17.2 Å². The van der Waals surface area contributed by atoms with Gasteiger partial charge in [-0.1, -0.05) is 12.2 Å². The highest BCUT2D eigenvalue weighted by Crippen LogP contribution is 2.36. The van der Waals surface area contributed by atoms with E-state index in [1.165, 1.54) is 6.07 Å². The molecule has 0 aliphatic carbocycles. The lowest BCUT2D eigenvalue weighted by Crippen LogP contribution is -2.33. The Morgan fingerprint density at radius 1 is 1.18 bits per heavy atom. The zero-order valence-electron chi connectivity index (χ0n) is 7.73. The SMILES string of the molecule is N#C[C@@H]1C(=S)N=C(C(F)(F)F)C=C1C(F)(F)F. The van der Waals surface area contributed by atoms with Crippen molar-refractivity contribution in [2.75, 3.05) is 0 Å². The average molecular weight is 272 g/mol. The Bertz CT molecular complexity index is 450. The van der Waals surface area contributed by atoms with E-state index in [1.54, 1.807) is 0 Å². The Balaban J connectivity index is 3.33. The number of halogens is 6. The van der Waals surface area contributed by atoms with Gasteiger partial charge >= 0.3 is 12.4 Å². The van der Waals surface area contributed by atoms with Crippen molar-refractivity contribution < 1.29 is 26.3 Å². The molecule has 0 bridgehead atoms. The van der Waals surface area contributed by atoms with Crippen LogP contribution >= 0.6 is 12.2 Å². The maximum absolute atomic E-state index is 12.4. The molecule has 2 nitrogen and oxygen atoms in total. The van der Waals surface area contributed by atoms with E-state index in [-0.39, 0.29) is 6.08 Å². The number of thiocarbonyl (C=S) groups is 1. The van der Waals surface area contributed by atoms with E-state index in [0.717, 1.165) is 0 Å². The summed E-state index contributed by atoms with van der Waals surface area (Å²) >= 11 is 4.27. The van der Waals surface area contributed by atoms with Gasteiger partial charge in [-0.25, -0.2) is 4.99 Å². The van der Waals surface area contributed by atoms with Gasteiger partial charge in [0.2, 0.25) is 0 Å². The van der Waals surface area contributed by atoms with Crippen molar-refractivity contribution in [2.24, 2.45) is 10.9 Å². The summed E-state index contributed by atoms with van der Waals surface area (Å²) < 4.78 is 73.9. The fraction of sp³-hybridized carbons (Fsp3) is 0.375. The number of aliphatic imine (C=N–C) groups is 1. The van der Waals surface area contributed by atoms with Crippen molar-refractivity contribution in [3.8, 4) is 6.07 Å². The van der Waals surface area contributed by atoms with Crippen LogP contribution in [0.1, 0.15) is 0 Å². The Morgan fingerprint density at radius 2 is 1.71 bits per heavy atom. The van der Waals surface area contributed by atoms with E-state index in [4.69, 9.17) is 5.26 Å². The second-order valence-electron chi connectivity index (χ2n) is 2.99. The van der Waals surface area contributed by atoms with Crippen molar-refractivity contribution in [1.29, 1.82) is 5.26 Å². The van der Waals surface area contributed by atoms with Gasteiger partial charge in [0.05, 0.1) is 11.6 Å². The van der Waals surface area contributed by atoms with Crippen LogP contribution < -0.4 is 0 Å². The van der Waals surface area contributed by atoms with Gasteiger partial charge in [0, 0.05) is 0 Å². The first-order valence-electron chi connectivity index (χ1n) is 3.95. The molecule has 92 valence electrons. The first kappa shape index (κ1) is 13.6. The van der Waals surface area contributed by atoms with E-state index < -0.39 is 34.5 Å². The molecule has 0 aromatic heterocycles. The predicted molar refractivity (Wildman–Crippen MR) is 49.3 cm³/mol. The molecular weight excluding hydrogens is 270 g/mol. The number of rotatable bonds is 0. The fourth-order valence-corrected chi connectivity index (χ4v) is 1.37. The number of hydrogen-bond acceptors (Lipinski definition) is 2. The highest BCUT2D eigenvalue weighted by atomic mass is 32.1. The molecule has 0 radical (unpaired) electrons. The largest absolute Gasteiger partial charge is 0.433 e. The molecule has 0 aromatic carbocycles. The summed E-state index contributed by atoms with van der Waals surface area (Å²) in [5, 5.41) is 8.46. The zero-order valence-corrected chi connectivity index (χ0v) is 8.54. The van der Waals surface area contributed by atoms with Gasteiger partial charge in [0.25, 0.3) is 0 Å². The van der Waals surface area contributed by atoms with E-state index in [1.807, 2.05) is 0 Å². The summed E-state index contributed by atoms with van der Waals surface area (Å²) in [6.07, 6.45) is -10.3. The fourth-order valence-electron chi connectivity index (χ4n) is 1.09. The molecule has 1 heterocycles. The molecule has 0 aromatic rings. The molecule has 1 atom stereocenters. The second kappa shape index (κ2) is 4.10. The van der Waals surface area contributed by atoms with Gasteiger partial charge in [-0.15, -0.1) is 0 Å². The van der Waals surface area contributed by atoms with Crippen molar-refractivity contribution in [3.05, 3.63) is 11.6 Å². The summed E-state index contributed by atoms with van der Waals surface area (Å²) in [4.78, 5) is 1.86. The summed E-state index contributed by atoms with van der Waals surface area (Å²) in [5.74, 6) is -1.98. The maximum atomic E-state index is 12.4. The summed E-state index contributed by atoms with van der Waals surface area (Å²) in [7, 11) is 0. The molecule has 0 N–H and O–H groups in total. The van der Waals surface area contributed by atoms with Crippen LogP contribution in [0.5, 0.6) is 0 Å². The Morgan fingerprint density at radius 3 is 2.06 bits per heavy atom. The quantitative estimate of drug-likeness (QED) is 0.502. The molecule has 0 spiro atoms. The molecular formula is C8H2F6N2S. The number of nitriles is 1. The minimum atomic E-state index is -5.06. The minimum absolute atomic E-state index is 0.191. The highest BCUT2D eigenvalue weighted by Gasteiger charge is 2.46. The summed E-state index contributed by atoms with van der Waals surface area (Å²) in [6.45, 7) is 0. The van der Waals surface area contributed by atoms with Crippen LogP contribution in [0.2, 0.25) is 0 Å². The van der Waals surface area contributed by atoms with Crippen molar-refractivity contribution in [3.63, 3.8) is 0 Å². The number of allylic oxidation sites excluding steroid dienone is 1. The van der Waals surface area contributed by atoms with Crippen LogP contribution in [0.15, 0.2) is 16.6 Å². The van der Waals surface area contributed by atoms with Crippen molar-refractivity contribution in [1.82, 2.24) is 0 Å². The number of hydrogen-bond donors (Lipinski definition) is 0. The number of dihydropyridines is 1. The Hall–Kier alpha value is -1.43. The molecule has 0 saturated heterocycles. The van der Waals surface area contributed by atoms with Crippen LogP contribution in [0.4, 0.5) is 26.3 Å². The van der Waals surface area contributed by atoms with Gasteiger partial charge in [0.1, 0.15) is 16.6 Å². The highest BCUT2D eigenvalue weighted by molar-refractivity contribution is 7.80. The Labute approximate surface area is 96.2 Å². The standard InChI is InChI=1S/C8H2F6N2S/c9-7(10,11)4-1-5(8(12,13)14)16-6(17)3(4)2-15/h1,3H/t3-/m0/s1. The lowest BCUT2D eigenvalue weighted by Gasteiger charge is -2.21. The maximum Gasteiger partial charge on any atom is 0.433 e. The molecule has 1 rings (SSSR count). The molecule has 1 aliphatic heterocycles. The van der Waals surface area contributed by atoms with Crippen molar-refractivity contribution >= 4 is 22.9 Å². The smallest absolute Gasteiger partial charge is 0.235 e. The van der Waals surface area contributed by atoms with Gasteiger partial charge in [-0.3, -0.25) is 0 Å². The van der Waals surface area contributed by atoms with E-state index >= 15 is 0 Å². The zero-order chi connectivity index (χ0) is 13.4. The minimum Gasteiger partial charge on any atom is -0.235 e. The van der Waals surface area contributed by atoms with Gasteiger partial charge < -0.3 is 0 Å². The lowest BCUT2D eigenvalue weighted by atomic mass is 9.95. The third kappa shape index (κ3) is 2.82. The van der Waals surface area contributed by atoms with E-state index in [9.17, 15) is 26.3 Å². The van der Waals surface area contributed by atoms with Crippen LogP contribution in [-0.2, 0) is 0 Å². The van der Waals surface area contributed by atoms with Gasteiger partial charge in [-0.05, 0) is 6.08 Å². The molecule has 0 unspecified atom stereocenters. The van der Waals surface area contributed by atoms with Crippen LogP contribution in [-0.4, -0.2) is 23.1 Å². The van der Waals surface area contributed by atoms with Crippen molar-refractivity contribution in [2.45, 2.75) is 12.4 Å².